The van der Waals surface area contributed by atoms with E-state index < -0.39 is 29.6 Å². The van der Waals surface area contributed by atoms with E-state index in [1.54, 1.807) is 0 Å². The Kier molecular flexibility index (Phi) is 3.77. The van der Waals surface area contributed by atoms with Gasteiger partial charge in [0.05, 0.1) is 5.56 Å². The zero-order chi connectivity index (χ0) is 13.2. The zero-order valence-electron chi connectivity index (χ0n) is 9.28. The fraction of sp³-hybridized carbons (Fsp3) is 0.273. The Morgan fingerprint density at radius 2 is 1.94 bits per heavy atom. The van der Waals surface area contributed by atoms with E-state index in [4.69, 9.17) is 5.11 Å². The molecule has 0 heterocycles. The van der Waals surface area contributed by atoms with Crippen LogP contribution in [0.4, 0.5) is 8.78 Å². The summed E-state index contributed by atoms with van der Waals surface area (Å²) in [4.78, 5) is 23.3. The molecule has 1 N–H and O–H groups in total. The molecule has 0 aliphatic heterocycles. The lowest BCUT2D eigenvalue weighted by Gasteiger charge is -2.21. The van der Waals surface area contributed by atoms with Crippen molar-refractivity contribution in [2.75, 3.05) is 7.05 Å². The molecule has 1 atom stereocenters. The standard InChI is InChI=1S/C11H11F2NO3/c1-6(11(16)17)14(2)10(15)8-4-3-7(12)5-9(8)13/h3-6H,1-2H3,(H,16,17). The van der Waals surface area contributed by atoms with Crippen LogP contribution in [0, 0.1) is 11.6 Å². The first-order valence-electron chi connectivity index (χ1n) is 4.79. The lowest BCUT2D eigenvalue weighted by molar-refractivity contribution is -0.141. The molecule has 0 radical (unpaired) electrons. The van der Waals surface area contributed by atoms with Gasteiger partial charge in [-0.05, 0) is 19.1 Å². The number of hydrogen-bond donors (Lipinski definition) is 1. The predicted octanol–water partition coefficient (Wildman–Crippen LogP) is 1.51. The number of carboxylic acids is 1. The largest absolute Gasteiger partial charge is 0.480 e. The normalized spacial score (nSPS) is 12.0. The number of likely N-dealkylation sites (N-methyl/N-ethyl adjacent to an activating group) is 1. The topological polar surface area (TPSA) is 57.6 Å². The molecule has 1 rings (SSSR count). The van der Waals surface area contributed by atoms with Crippen LogP contribution in [-0.2, 0) is 4.79 Å². The molecule has 0 saturated heterocycles. The van der Waals surface area contributed by atoms with E-state index in [1.807, 2.05) is 0 Å². The second-order valence-corrected chi connectivity index (χ2v) is 3.55. The molecule has 0 bridgehead atoms. The summed E-state index contributed by atoms with van der Waals surface area (Å²) in [6.45, 7) is 1.29. The number of amides is 1. The first kappa shape index (κ1) is 13.1. The Morgan fingerprint density at radius 3 is 2.41 bits per heavy atom. The summed E-state index contributed by atoms with van der Waals surface area (Å²) in [5.74, 6) is -3.83. The molecular formula is C11H11F2NO3. The minimum Gasteiger partial charge on any atom is -0.480 e. The number of rotatable bonds is 3. The summed E-state index contributed by atoms with van der Waals surface area (Å²) in [7, 11) is 1.24. The van der Waals surface area contributed by atoms with Crippen LogP contribution in [0.25, 0.3) is 0 Å². The molecule has 1 unspecified atom stereocenters. The highest BCUT2D eigenvalue weighted by Gasteiger charge is 2.24. The molecule has 0 aliphatic carbocycles. The van der Waals surface area contributed by atoms with Crippen molar-refractivity contribution in [2.24, 2.45) is 0 Å². The van der Waals surface area contributed by atoms with Crippen molar-refractivity contribution in [3.63, 3.8) is 0 Å². The maximum atomic E-state index is 13.3. The number of carbonyl (C=O) groups is 2. The molecule has 0 aliphatic rings. The summed E-state index contributed by atoms with van der Waals surface area (Å²) in [6, 6.07) is 1.41. The van der Waals surface area contributed by atoms with Gasteiger partial charge in [-0.1, -0.05) is 0 Å². The summed E-state index contributed by atoms with van der Waals surface area (Å²) in [5.41, 5.74) is -0.359. The summed E-state index contributed by atoms with van der Waals surface area (Å²) >= 11 is 0. The van der Waals surface area contributed by atoms with Crippen molar-refractivity contribution in [3.8, 4) is 0 Å². The number of hydrogen-bond acceptors (Lipinski definition) is 2. The van der Waals surface area contributed by atoms with E-state index in [0.717, 1.165) is 17.0 Å². The van der Waals surface area contributed by atoms with Crippen molar-refractivity contribution < 1.29 is 23.5 Å². The Morgan fingerprint density at radius 1 is 1.35 bits per heavy atom. The minimum atomic E-state index is -1.21. The van der Waals surface area contributed by atoms with Crippen LogP contribution in [-0.4, -0.2) is 35.0 Å². The van der Waals surface area contributed by atoms with Gasteiger partial charge in [-0.2, -0.15) is 0 Å². The van der Waals surface area contributed by atoms with Gasteiger partial charge in [0.2, 0.25) is 0 Å². The van der Waals surface area contributed by atoms with Gasteiger partial charge in [0, 0.05) is 13.1 Å². The molecule has 4 nitrogen and oxygen atoms in total. The lowest BCUT2D eigenvalue weighted by atomic mass is 10.1. The third kappa shape index (κ3) is 2.77. The number of halogens is 2. The summed E-state index contributed by atoms with van der Waals surface area (Å²) in [6.07, 6.45) is 0. The van der Waals surface area contributed by atoms with Crippen LogP contribution in [0.5, 0.6) is 0 Å². The number of benzene rings is 1. The average Bonchev–Trinajstić information content (AvgIpc) is 2.26. The van der Waals surface area contributed by atoms with Crippen LogP contribution >= 0.6 is 0 Å². The number of aliphatic carboxylic acids is 1. The van der Waals surface area contributed by atoms with E-state index in [2.05, 4.69) is 0 Å². The fourth-order valence-electron chi connectivity index (χ4n) is 1.19. The van der Waals surface area contributed by atoms with E-state index >= 15 is 0 Å². The van der Waals surface area contributed by atoms with E-state index in [1.165, 1.54) is 14.0 Å². The highest BCUT2D eigenvalue weighted by atomic mass is 19.1. The van der Waals surface area contributed by atoms with Crippen LogP contribution < -0.4 is 0 Å². The third-order valence-corrected chi connectivity index (χ3v) is 2.42. The average molecular weight is 243 g/mol. The molecule has 92 valence electrons. The molecule has 17 heavy (non-hydrogen) atoms. The molecule has 6 heteroatoms. The SMILES string of the molecule is CC(C(=O)O)N(C)C(=O)c1ccc(F)cc1F. The quantitative estimate of drug-likeness (QED) is 0.875. The van der Waals surface area contributed by atoms with Crippen molar-refractivity contribution >= 4 is 11.9 Å². The predicted molar refractivity (Wildman–Crippen MR) is 55.5 cm³/mol. The number of carbonyl (C=O) groups excluding carboxylic acids is 1. The van der Waals surface area contributed by atoms with Gasteiger partial charge in [-0.3, -0.25) is 4.79 Å². The zero-order valence-corrected chi connectivity index (χ0v) is 9.28. The summed E-state index contributed by atoms with van der Waals surface area (Å²) < 4.78 is 25.9. The van der Waals surface area contributed by atoms with Crippen molar-refractivity contribution in [1.82, 2.24) is 4.90 Å². The monoisotopic (exact) mass is 243 g/mol. The Labute approximate surface area is 96.5 Å². The van der Waals surface area contributed by atoms with E-state index in [0.29, 0.717) is 6.07 Å². The second-order valence-electron chi connectivity index (χ2n) is 3.55. The molecule has 1 aromatic rings. The molecule has 0 saturated carbocycles. The van der Waals surface area contributed by atoms with Gasteiger partial charge in [0.15, 0.2) is 0 Å². The maximum absolute atomic E-state index is 13.3. The fourth-order valence-corrected chi connectivity index (χ4v) is 1.19. The van der Waals surface area contributed by atoms with Gasteiger partial charge in [-0.15, -0.1) is 0 Å². The third-order valence-electron chi connectivity index (χ3n) is 2.42. The molecule has 1 aromatic carbocycles. The van der Waals surface area contributed by atoms with Crippen LogP contribution in [0.15, 0.2) is 18.2 Å². The number of nitrogens with zero attached hydrogens (tertiary/aromatic N) is 1. The smallest absolute Gasteiger partial charge is 0.326 e. The molecular weight excluding hydrogens is 232 g/mol. The second kappa shape index (κ2) is 4.90. The highest BCUT2D eigenvalue weighted by molar-refractivity contribution is 5.96. The van der Waals surface area contributed by atoms with Gasteiger partial charge >= 0.3 is 5.97 Å². The molecule has 0 aromatic heterocycles. The van der Waals surface area contributed by atoms with Crippen LogP contribution in [0.1, 0.15) is 17.3 Å². The summed E-state index contributed by atoms with van der Waals surface area (Å²) in [5, 5.41) is 8.71. The molecule has 0 fully saturated rings. The number of carboxylic acid groups (broad SMARTS) is 1. The first-order chi connectivity index (χ1) is 7.84. The lowest BCUT2D eigenvalue weighted by Crippen LogP contribution is -2.40. The Balaban J connectivity index is 3.00. The van der Waals surface area contributed by atoms with Crippen molar-refractivity contribution in [1.29, 1.82) is 0 Å². The van der Waals surface area contributed by atoms with E-state index in [9.17, 15) is 18.4 Å². The van der Waals surface area contributed by atoms with Crippen LogP contribution in [0.3, 0.4) is 0 Å². The minimum absolute atomic E-state index is 0.359. The van der Waals surface area contributed by atoms with Crippen molar-refractivity contribution in [3.05, 3.63) is 35.4 Å². The van der Waals surface area contributed by atoms with Crippen LogP contribution in [0.2, 0.25) is 0 Å². The molecule has 1 amide bonds. The Hall–Kier alpha value is -1.98. The first-order valence-corrected chi connectivity index (χ1v) is 4.79. The van der Waals surface area contributed by atoms with Gasteiger partial charge < -0.3 is 10.0 Å². The highest BCUT2D eigenvalue weighted by Crippen LogP contribution is 2.13. The van der Waals surface area contributed by atoms with Gasteiger partial charge in [0.25, 0.3) is 5.91 Å². The van der Waals surface area contributed by atoms with Gasteiger partial charge in [0.1, 0.15) is 17.7 Å². The van der Waals surface area contributed by atoms with E-state index in [-0.39, 0.29) is 5.56 Å². The van der Waals surface area contributed by atoms with Gasteiger partial charge in [-0.25, -0.2) is 13.6 Å². The molecule has 0 spiro atoms. The van der Waals surface area contributed by atoms with Crippen molar-refractivity contribution in [2.45, 2.75) is 13.0 Å². The maximum Gasteiger partial charge on any atom is 0.326 e. The Bertz CT molecular complexity index is 462.